The van der Waals surface area contributed by atoms with E-state index in [1.807, 2.05) is 50.2 Å². The van der Waals surface area contributed by atoms with Crippen LogP contribution in [-0.2, 0) is 0 Å². The van der Waals surface area contributed by atoms with Gasteiger partial charge in [0.1, 0.15) is 11.6 Å². The fourth-order valence-electron chi connectivity index (χ4n) is 2.17. The maximum Gasteiger partial charge on any atom is 0.175 e. The predicted molar refractivity (Wildman–Crippen MR) is 76.9 cm³/mol. The summed E-state index contributed by atoms with van der Waals surface area (Å²) in [6.45, 7) is 3.85. The molecule has 0 bridgehead atoms. The standard InChI is InChI=1S/C15H13N5/c1-10-8-11(2)20-15(17-10)13(9-16)14(19-20)18-12-6-4-3-5-7-12/h3-8H,1-2H3,(H,18,19). The van der Waals surface area contributed by atoms with Gasteiger partial charge in [-0.1, -0.05) is 18.2 Å². The van der Waals surface area contributed by atoms with Crippen LogP contribution in [0.4, 0.5) is 11.5 Å². The highest BCUT2D eigenvalue weighted by atomic mass is 15.3. The Morgan fingerprint density at radius 1 is 1.20 bits per heavy atom. The second kappa shape index (κ2) is 4.67. The number of nitriles is 1. The Morgan fingerprint density at radius 3 is 2.65 bits per heavy atom. The zero-order valence-corrected chi connectivity index (χ0v) is 11.3. The van der Waals surface area contributed by atoms with E-state index < -0.39 is 0 Å². The number of aromatic nitrogens is 3. The quantitative estimate of drug-likeness (QED) is 0.772. The zero-order valence-electron chi connectivity index (χ0n) is 11.3. The monoisotopic (exact) mass is 263 g/mol. The molecular formula is C15H13N5. The van der Waals surface area contributed by atoms with Gasteiger partial charge in [0, 0.05) is 17.1 Å². The van der Waals surface area contributed by atoms with Gasteiger partial charge >= 0.3 is 0 Å². The minimum Gasteiger partial charge on any atom is -0.338 e. The van der Waals surface area contributed by atoms with Crippen LogP contribution in [0.15, 0.2) is 36.4 Å². The van der Waals surface area contributed by atoms with Crippen molar-refractivity contribution in [2.75, 3.05) is 5.32 Å². The average Bonchev–Trinajstić information content (AvgIpc) is 2.77. The van der Waals surface area contributed by atoms with Gasteiger partial charge in [-0.2, -0.15) is 5.26 Å². The molecule has 0 unspecified atom stereocenters. The second-order valence-corrected chi connectivity index (χ2v) is 4.60. The van der Waals surface area contributed by atoms with Gasteiger partial charge in [-0.3, -0.25) is 0 Å². The molecule has 0 saturated heterocycles. The van der Waals surface area contributed by atoms with E-state index in [0.29, 0.717) is 17.0 Å². The summed E-state index contributed by atoms with van der Waals surface area (Å²) in [5, 5.41) is 17.0. The van der Waals surface area contributed by atoms with E-state index in [9.17, 15) is 5.26 Å². The Balaban J connectivity index is 2.17. The molecule has 3 rings (SSSR count). The molecule has 5 nitrogen and oxygen atoms in total. The maximum absolute atomic E-state index is 9.38. The lowest BCUT2D eigenvalue weighted by Crippen LogP contribution is -1.97. The molecule has 0 aliphatic carbocycles. The molecule has 0 fully saturated rings. The molecular weight excluding hydrogens is 250 g/mol. The molecule has 0 amide bonds. The van der Waals surface area contributed by atoms with Crippen LogP contribution in [0.5, 0.6) is 0 Å². The van der Waals surface area contributed by atoms with E-state index in [2.05, 4.69) is 21.5 Å². The summed E-state index contributed by atoms with van der Waals surface area (Å²) < 4.78 is 1.69. The predicted octanol–water partition coefficient (Wildman–Crippen LogP) is 2.96. The van der Waals surface area contributed by atoms with E-state index in [0.717, 1.165) is 17.1 Å². The van der Waals surface area contributed by atoms with Gasteiger partial charge in [0.05, 0.1) is 0 Å². The Kier molecular flexibility index (Phi) is 2.84. The third-order valence-corrected chi connectivity index (χ3v) is 3.04. The topological polar surface area (TPSA) is 66.0 Å². The van der Waals surface area contributed by atoms with Crippen LogP contribution in [0.25, 0.3) is 5.65 Å². The molecule has 2 heterocycles. The van der Waals surface area contributed by atoms with Crippen molar-refractivity contribution in [1.29, 1.82) is 5.26 Å². The first-order valence-electron chi connectivity index (χ1n) is 6.28. The van der Waals surface area contributed by atoms with E-state index in [-0.39, 0.29) is 0 Å². The van der Waals surface area contributed by atoms with Crippen LogP contribution in [0, 0.1) is 25.2 Å². The van der Waals surface area contributed by atoms with Crippen LogP contribution >= 0.6 is 0 Å². The minimum absolute atomic E-state index is 0.459. The van der Waals surface area contributed by atoms with Crippen LogP contribution in [0.1, 0.15) is 17.0 Å². The second-order valence-electron chi connectivity index (χ2n) is 4.60. The number of rotatable bonds is 2. The molecule has 1 N–H and O–H groups in total. The fourth-order valence-corrected chi connectivity index (χ4v) is 2.17. The molecule has 1 aromatic carbocycles. The minimum atomic E-state index is 0.459. The van der Waals surface area contributed by atoms with Gasteiger partial charge in [-0.25, -0.2) is 9.50 Å². The van der Waals surface area contributed by atoms with Crippen molar-refractivity contribution in [2.24, 2.45) is 0 Å². The summed E-state index contributed by atoms with van der Waals surface area (Å²) in [6.07, 6.45) is 0. The van der Waals surface area contributed by atoms with Crippen LogP contribution < -0.4 is 5.32 Å². The number of anilines is 2. The van der Waals surface area contributed by atoms with Crippen molar-refractivity contribution >= 4 is 17.2 Å². The van der Waals surface area contributed by atoms with Crippen molar-refractivity contribution < 1.29 is 0 Å². The van der Waals surface area contributed by atoms with Crippen LogP contribution in [0.3, 0.4) is 0 Å². The van der Waals surface area contributed by atoms with Gasteiger partial charge in [0.25, 0.3) is 0 Å². The first kappa shape index (κ1) is 12.2. The molecule has 0 radical (unpaired) electrons. The molecule has 0 aliphatic rings. The molecule has 0 spiro atoms. The van der Waals surface area contributed by atoms with E-state index in [1.165, 1.54) is 0 Å². The number of nitrogens with zero attached hydrogens (tertiary/aromatic N) is 4. The maximum atomic E-state index is 9.38. The molecule has 2 aromatic heterocycles. The Bertz CT molecular complexity index is 812. The summed E-state index contributed by atoms with van der Waals surface area (Å²) >= 11 is 0. The smallest absolute Gasteiger partial charge is 0.175 e. The average molecular weight is 263 g/mol. The lowest BCUT2D eigenvalue weighted by Gasteiger charge is -2.01. The number of benzene rings is 1. The Morgan fingerprint density at radius 2 is 1.95 bits per heavy atom. The number of aryl methyl sites for hydroxylation is 2. The van der Waals surface area contributed by atoms with E-state index in [1.54, 1.807) is 4.52 Å². The lowest BCUT2D eigenvalue weighted by molar-refractivity contribution is 0.889. The Labute approximate surface area is 116 Å². The highest BCUT2D eigenvalue weighted by Crippen LogP contribution is 2.23. The highest BCUT2D eigenvalue weighted by Gasteiger charge is 2.15. The highest BCUT2D eigenvalue weighted by molar-refractivity contribution is 5.72. The number of hydrogen-bond acceptors (Lipinski definition) is 4. The van der Waals surface area contributed by atoms with Gasteiger partial charge in [0.2, 0.25) is 0 Å². The first-order valence-corrected chi connectivity index (χ1v) is 6.28. The van der Waals surface area contributed by atoms with E-state index >= 15 is 0 Å². The fraction of sp³-hybridized carbons (Fsp3) is 0.133. The van der Waals surface area contributed by atoms with Gasteiger partial charge in [-0.05, 0) is 32.0 Å². The largest absolute Gasteiger partial charge is 0.338 e. The molecule has 3 aromatic rings. The van der Waals surface area contributed by atoms with Crippen LogP contribution in [-0.4, -0.2) is 14.6 Å². The zero-order chi connectivity index (χ0) is 14.1. The third-order valence-electron chi connectivity index (χ3n) is 3.04. The molecule has 20 heavy (non-hydrogen) atoms. The number of hydrogen-bond donors (Lipinski definition) is 1. The summed E-state index contributed by atoms with van der Waals surface area (Å²) in [5.41, 5.74) is 3.76. The number of nitrogens with one attached hydrogen (secondary N) is 1. The van der Waals surface area contributed by atoms with Gasteiger partial charge < -0.3 is 5.32 Å². The number of fused-ring (bicyclic) bond motifs is 1. The van der Waals surface area contributed by atoms with E-state index in [4.69, 9.17) is 0 Å². The SMILES string of the molecule is Cc1cc(C)n2nc(Nc3ccccc3)c(C#N)c2n1. The summed E-state index contributed by atoms with van der Waals surface area (Å²) in [5.74, 6) is 0.528. The van der Waals surface area contributed by atoms with Crippen molar-refractivity contribution in [1.82, 2.24) is 14.6 Å². The van der Waals surface area contributed by atoms with Crippen molar-refractivity contribution in [3.8, 4) is 6.07 Å². The summed E-state index contributed by atoms with van der Waals surface area (Å²) in [4.78, 5) is 4.41. The first-order chi connectivity index (χ1) is 9.69. The Hall–Kier alpha value is -2.87. The van der Waals surface area contributed by atoms with Crippen molar-refractivity contribution in [3.63, 3.8) is 0 Å². The molecule has 98 valence electrons. The third kappa shape index (κ3) is 1.97. The number of para-hydroxylation sites is 1. The molecule has 0 saturated carbocycles. The van der Waals surface area contributed by atoms with Crippen molar-refractivity contribution in [3.05, 3.63) is 53.3 Å². The molecule has 0 atom stereocenters. The summed E-state index contributed by atoms with van der Waals surface area (Å²) in [6, 6.07) is 13.8. The normalized spacial score (nSPS) is 10.4. The lowest BCUT2D eigenvalue weighted by atomic mass is 10.3. The molecule has 5 heteroatoms. The summed E-state index contributed by atoms with van der Waals surface area (Å²) in [7, 11) is 0. The van der Waals surface area contributed by atoms with Gasteiger partial charge in [-0.15, -0.1) is 5.10 Å². The molecule has 0 aliphatic heterocycles. The van der Waals surface area contributed by atoms with Crippen molar-refractivity contribution in [2.45, 2.75) is 13.8 Å². The van der Waals surface area contributed by atoms with Gasteiger partial charge in [0.15, 0.2) is 11.5 Å². The van der Waals surface area contributed by atoms with Crippen LogP contribution in [0.2, 0.25) is 0 Å².